The lowest BCUT2D eigenvalue weighted by Crippen LogP contribution is -2.48. The highest BCUT2D eigenvalue weighted by Crippen LogP contribution is 2.44. The largest absolute Gasteiger partial charge is 0.506 e. The molecule has 0 unspecified atom stereocenters. The maximum Gasteiger partial charge on any atom is 0.328 e. The van der Waals surface area contributed by atoms with E-state index in [1.165, 1.54) is 12.1 Å². The standard InChI is InChI=1S/C22H24IN5O5/c1-12(7-18(29)30)5-6-22(33)13(2)8-15(11-21(22,3)4)25-27-20(32)14-9-16(23)19(31)17(10-14)26-28-24/h5-10,31,33H,11H2,1-4H3,(H,27,32)(H,29,30)/b6-5+,12-7-,25-15+/t22-/m1/s1. The molecule has 0 saturated heterocycles. The summed E-state index contributed by atoms with van der Waals surface area (Å²) < 4.78 is 0.342. The number of carboxylic acid groups (broad SMARTS) is 1. The predicted molar refractivity (Wildman–Crippen MR) is 132 cm³/mol. The van der Waals surface area contributed by atoms with Gasteiger partial charge in [-0.15, -0.1) is 0 Å². The van der Waals surface area contributed by atoms with Crippen LogP contribution in [0.2, 0.25) is 0 Å². The Labute approximate surface area is 204 Å². The van der Waals surface area contributed by atoms with Crippen molar-refractivity contribution >= 4 is 45.9 Å². The molecule has 4 N–H and O–H groups in total. The Hall–Kier alpha value is -3.15. The summed E-state index contributed by atoms with van der Waals surface area (Å²) >= 11 is 1.82. The number of allylic oxidation sites excluding steroid dienone is 3. The third kappa shape index (κ3) is 6.01. The van der Waals surface area contributed by atoms with Crippen LogP contribution in [0.25, 0.3) is 10.4 Å². The number of halogens is 1. The van der Waals surface area contributed by atoms with Gasteiger partial charge in [-0.1, -0.05) is 25.0 Å². The highest BCUT2D eigenvalue weighted by atomic mass is 127. The topological polar surface area (TPSA) is 168 Å². The fourth-order valence-electron chi connectivity index (χ4n) is 3.48. The maximum atomic E-state index is 12.6. The number of hydrogen-bond acceptors (Lipinski definition) is 6. The molecular weight excluding hydrogens is 541 g/mol. The van der Waals surface area contributed by atoms with Gasteiger partial charge in [-0.3, -0.25) is 4.79 Å². The van der Waals surface area contributed by atoms with Crippen LogP contribution < -0.4 is 5.43 Å². The average molecular weight is 565 g/mol. The van der Waals surface area contributed by atoms with Crippen LogP contribution in [0.15, 0.2) is 57.8 Å². The van der Waals surface area contributed by atoms with Gasteiger partial charge in [0.05, 0.1) is 15.0 Å². The number of azide groups is 1. The molecule has 0 spiro atoms. The number of rotatable bonds is 6. The third-order valence-electron chi connectivity index (χ3n) is 5.34. The Bertz CT molecular complexity index is 1160. The maximum absolute atomic E-state index is 12.6. The number of carboxylic acids is 1. The molecule has 1 aliphatic rings. The van der Waals surface area contributed by atoms with E-state index in [1.54, 1.807) is 32.1 Å². The van der Waals surface area contributed by atoms with Crippen LogP contribution in [0.1, 0.15) is 44.5 Å². The van der Waals surface area contributed by atoms with Gasteiger partial charge >= 0.3 is 5.97 Å². The molecule has 0 heterocycles. The smallest absolute Gasteiger partial charge is 0.328 e. The molecule has 1 aromatic rings. The summed E-state index contributed by atoms with van der Waals surface area (Å²) in [5.74, 6) is -1.85. The van der Waals surface area contributed by atoms with E-state index < -0.39 is 22.9 Å². The molecule has 1 atom stereocenters. The Morgan fingerprint density at radius 1 is 1.33 bits per heavy atom. The van der Waals surface area contributed by atoms with E-state index in [-0.39, 0.29) is 17.0 Å². The Balaban J connectivity index is 2.31. The minimum atomic E-state index is -1.35. The molecule has 0 fully saturated rings. The number of aromatic hydroxyl groups is 1. The number of aliphatic hydroxyl groups is 1. The van der Waals surface area contributed by atoms with E-state index in [1.807, 2.05) is 36.4 Å². The number of hydrazone groups is 1. The van der Waals surface area contributed by atoms with Crippen molar-refractivity contribution in [2.75, 3.05) is 0 Å². The van der Waals surface area contributed by atoms with Gasteiger partial charge in [-0.2, -0.15) is 5.10 Å². The monoisotopic (exact) mass is 565 g/mol. The summed E-state index contributed by atoms with van der Waals surface area (Å²) in [7, 11) is 0. The van der Waals surface area contributed by atoms with Crippen molar-refractivity contribution in [1.29, 1.82) is 0 Å². The van der Waals surface area contributed by atoms with Gasteiger partial charge in [0.1, 0.15) is 11.4 Å². The lowest BCUT2D eigenvalue weighted by atomic mass is 9.64. The SMILES string of the molecule is CC1=C/C(=N\NC(=O)c2cc(I)c(O)c(N=[N+]=[N-])c2)CC(C)(C)[C@@]1(O)/C=C/C(C)=C\C(=O)O. The first-order valence-electron chi connectivity index (χ1n) is 9.77. The highest BCUT2D eigenvalue weighted by Gasteiger charge is 2.46. The van der Waals surface area contributed by atoms with Gasteiger partial charge in [0.2, 0.25) is 0 Å². The molecule has 0 aromatic heterocycles. The number of phenols is 1. The van der Waals surface area contributed by atoms with Crippen molar-refractivity contribution in [2.24, 2.45) is 15.6 Å². The number of aliphatic carboxylic acids is 1. The molecule has 0 bridgehead atoms. The van der Waals surface area contributed by atoms with E-state index in [9.17, 15) is 19.8 Å². The van der Waals surface area contributed by atoms with E-state index in [0.717, 1.165) is 6.08 Å². The molecule has 0 radical (unpaired) electrons. The Kier molecular flexibility index (Phi) is 8.06. The number of nitrogens with one attached hydrogen (secondary N) is 1. The molecule has 33 heavy (non-hydrogen) atoms. The molecular formula is C22H24IN5O5. The van der Waals surface area contributed by atoms with Crippen LogP contribution in [0.4, 0.5) is 5.69 Å². The summed E-state index contributed by atoms with van der Waals surface area (Å²) in [5, 5.41) is 37.7. The van der Waals surface area contributed by atoms with Crippen molar-refractivity contribution in [3.8, 4) is 5.75 Å². The summed E-state index contributed by atoms with van der Waals surface area (Å²) in [6.45, 7) is 7.04. The van der Waals surface area contributed by atoms with Crippen molar-refractivity contribution in [1.82, 2.24) is 5.43 Å². The van der Waals surface area contributed by atoms with E-state index in [2.05, 4.69) is 20.6 Å². The van der Waals surface area contributed by atoms with Crippen LogP contribution in [0, 0.1) is 8.99 Å². The van der Waals surface area contributed by atoms with Gasteiger partial charge in [0.25, 0.3) is 5.91 Å². The first-order chi connectivity index (χ1) is 15.3. The van der Waals surface area contributed by atoms with Crippen molar-refractivity contribution in [2.45, 2.75) is 39.7 Å². The van der Waals surface area contributed by atoms with Crippen LogP contribution in [0.5, 0.6) is 5.75 Å². The number of carbonyl (C=O) groups is 2. The zero-order valence-corrected chi connectivity index (χ0v) is 20.7. The average Bonchev–Trinajstić information content (AvgIpc) is 2.71. The molecule has 11 heteroatoms. The zero-order chi connectivity index (χ0) is 25.0. The molecule has 0 saturated carbocycles. The molecule has 10 nitrogen and oxygen atoms in total. The molecule has 0 aliphatic heterocycles. The molecule has 1 aromatic carbocycles. The Morgan fingerprint density at radius 2 is 2.00 bits per heavy atom. The van der Waals surface area contributed by atoms with Crippen molar-refractivity contribution < 1.29 is 24.9 Å². The number of hydrogen-bond donors (Lipinski definition) is 4. The number of phenolic OH excluding ortho intramolecular Hbond substituents is 1. The number of amides is 1. The lowest BCUT2D eigenvalue weighted by molar-refractivity contribution is -0.131. The van der Waals surface area contributed by atoms with Crippen LogP contribution >= 0.6 is 22.6 Å². The number of benzene rings is 1. The zero-order valence-electron chi connectivity index (χ0n) is 18.5. The third-order valence-corrected chi connectivity index (χ3v) is 6.16. The van der Waals surface area contributed by atoms with Gasteiger partial charge in [0.15, 0.2) is 0 Å². The highest BCUT2D eigenvalue weighted by molar-refractivity contribution is 14.1. The van der Waals surface area contributed by atoms with Crippen LogP contribution in [-0.4, -0.2) is 38.5 Å². The van der Waals surface area contributed by atoms with Crippen LogP contribution in [0.3, 0.4) is 0 Å². The Morgan fingerprint density at radius 3 is 2.58 bits per heavy atom. The number of carbonyl (C=O) groups excluding carboxylic acids is 1. The van der Waals surface area contributed by atoms with E-state index >= 15 is 0 Å². The van der Waals surface area contributed by atoms with Gasteiger partial charge in [0, 0.05) is 22.0 Å². The summed E-state index contributed by atoms with van der Waals surface area (Å²) in [6.07, 6.45) is 6.17. The predicted octanol–water partition coefficient (Wildman–Crippen LogP) is 4.72. The minimum absolute atomic E-state index is 0.0687. The summed E-state index contributed by atoms with van der Waals surface area (Å²) in [4.78, 5) is 26.0. The quantitative estimate of drug-likeness (QED) is 0.0744. The lowest BCUT2D eigenvalue weighted by Gasteiger charge is -2.44. The van der Waals surface area contributed by atoms with Gasteiger partial charge in [-0.05, 0) is 83.8 Å². The van der Waals surface area contributed by atoms with E-state index in [4.69, 9.17) is 10.6 Å². The first-order valence-corrected chi connectivity index (χ1v) is 10.8. The molecule has 1 aliphatic carbocycles. The normalized spacial score (nSPS) is 21.5. The molecule has 2 rings (SSSR count). The van der Waals surface area contributed by atoms with Crippen LogP contribution in [-0.2, 0) is 4.79 Å². The summed E-state index contributed by atoms with van der Waals surface area (Å²) in [5.41, 5.74) is 10.7. The first kappa shape index (κ1) is 26.1. The van der Waals surface area contributed by atoms with Crippen molar-refractivity contribution in [3.63, 3.8) is 0 Å². The fourth-order valence-corrected chi connectivity index (χ4v) is 4.10. The van der Waals surface area contributed by atoms with Crippen molar-refractivity contribution in [3.05, 3.63) is 67.2 Å². The second kappa shape index (κ2) is 10.2. The van der Waals surface area contributed by atoms with Gasteiger partial charge in [-0.25, -0.2) is 10.2 Å². The fraction of sp³-hybridized carbons (Fsp3) is 0.318. The molecule has 174 valence electrons. The number of nitrogens with zero attached hydrogens (tertiary/aromatic N) is 4. The van der Waals surface area contributed by atoms with Gasteiger partial charge < -0.3 is 15.3 Å². The van der Waals surface area contributed by atoms with E-state index in [0.29, 0.717) is 26.8 Å². The second-order valence-electron chi connectivity index (χ2n) is 8.27. The second-order valence-corrected chi connectivity index (χ2v) is 9.44. The molecule has 1 amide bonds. The summed E-state index contributed by atoms with van der Waals surface area (Å²) in [6, 6.07) is 2.69. The minimum Gasteiger partial charge on any atom is -0.506 e.